The molecule has 1 aromatic carbocycles. The van der Waals surface area contributed by atoms with Crippen molar-refractivity contribution in [3.8, 4) is 11.5 Å². The molecule has 1 aliphatic heterocycles. The van der Waals surface area contributed by atoms with Crippen LogP contribution in [-0.2, 0) is 4.74 Å². The van der Waals surface area contributed by atoms with Crippen molar-refractivity contribution in [2.45, 2.75) is 36.6 Å². The minimum absolute atomic E-state index is 0.0831. The van der Waals surface area contributed by atoms with Crippen LogP contribution in [0.25, 0.3) is 10.4 Å². The van der Waals surface area contributed by atoms with Crippen LogP contribution in [0, 0.1) is 0 Å². The van der Waals surface area contributed by atoms with Crippen molar-refractivity contribution in [1.82, 2.24) is 0 Å². The number of aliphatic hydroxyl groups excluding tert-OH is 2. The summed E-state index contributed by atoms with van der Waals surface area (Å²) >= 11 is 0. The van der Waals surface area contributed by atoms with E-state index in [0.717, 1.165) is 0 Å². The highest BCUT2D eigenvalue weighted by atomic mass is 16.7. The van der Waals surface area contributed by atoms with E-state index in [9.17, 15) is 15.3 Å². The number of methoxy groups -OCH3 is 1. The number of aliphatic hydroxyl groups is 3. The van der Waals surface area contributed by atoms with E-state index < -0.39 is 36.7 Å². The maximum Gasteiger partial charge on any atom is 0.211 e. The van der Waals surface area contributed by atoms with E-state index in [1.807, 2.05) is 0 Å². The van der Waals surface area contributed by atoms with Gasteiger partial charge in [0.2, 0.25) is 6.29 Å². The molecule has 5 atom stereocenters. The fourth-order valence-electron chi connectivity index (χ4n) is 2.76. The summed E-state index contributed by atoms with van der Waals surface area (Å²) in [5.74, 6) is 0.994. The fourth-order valence-corrected chi connectivity index (χ4v) is 2.76. The second-order valence-electron chi connectivity index (χ2n) is 5.60. The van der Waals surface area contributed by atoms with Crippen molar-refractivity contribution in [3.63, 3.8) is 0 Å². The summed E-state index contributed by atoms with van der Waals surface area (Å²) in [5.41, 5.74) is 6.95. The Hall–Kier alpha value is -2.29. The molecular weight excluding hydrogens is 330 g/mol. The molecule has 9 nitrogen and oxygen atoms in total. The van der Waals surface area contributed by atoms with Gasteiger partial charge < -0.3 is 29.5 Å². The Morgan fingerprint density at radius 2 is 2.04 bits per heavy atom. The van der Waals surface area contributed by atoms with E-state index in [2.05, 4.69) is 16.6 Å². The van der Waals surface area contributed by atoms with Gasteiger partial charge in [-0.2, -0.15) is 0 Å². The van der Waals surface area contributed by atoms with Crippen molar-refractivity contribution in [3.05, 3.63) is 47.4 Å². The summed E-state index contributed by atoms with van der Waals surface area (Å²) in [6.45, 7) is 2.99. The Morgan fingerprint density at radius 3 is 2.56 bits per heavy atom. The van der Waals surface area contributed by atoms with Gasteiger partial charge in [0.05, 0.1) is 13.7 Å². The molecule has 1 aliphatic rings. The van der Waals surface area contributed by atoms with Crippen LogP contribution in [0.5, 0.6) is 11.5 Å². The van der Waals surface area contributed by atoms with Gasteiger partial charge >= 0.3 is 0 Å². The lowest BCUT2D eigenvalue weighted by molar-refractivity contribution is -0.273. The number of azide groups is 1. The third kappa shape index (κ3) is 3.87. The predicted molar refractivity (Wildman–Crippen MR) is 88.1 cm³/mol. The van der Waals surface area contributed by atoms with Crippen LogP contribution in [-0.4, -0.2) is 59.2 Å². The predicted octanol–water partition coefficient (Wildman–Crippen LogP) is 1.14. The standard InChI is InChI=1S/C16H21N3O6/c1-3-8-16(22)13(18-19-17)15(25-12(9-20)14(16)21)24-11-6-4-10(23-2)5-7-11/h3-7,12-15,20-22H,1,8-9H2,2H3/t12-,13+,14-,15-,16-/m1/s1. The van der Waals surface area contributed by atoms with E-state index >= 15 is 0 Å². The zero-order valence-electron chi connectivity index (χ0n) is 13.7. The molecular formula is C16H21N3O6. The third-order valence-electron chi connectivity index (χ3n) is 4.08. The molecule has 0 aromatic heterocycles. The van der Waals surface area contributed by atoms with Crippen LogP contribution in [0.4, 0.5) is 0 Å². The summed E-state index contributed by atoms with van der Waals surface area (Å²) in [6, 6.07) is 5.29. The Labute approximate surface area is 144 Å². The second-order valence-corrected chi connectivity index (χ2v) is 5.60. The van der Waals surface area contributed by atoms with E-state index in [0.29, 0.717) is 11.5 Å². The molecule has 2 rings (SSSR count). The smallest absolute Gasteiger partial charge is 0.211 e. The molecule has 0 saturated carbocycles. The molecule has 136 valence electrons. The Balaban J connectivity index is 2.34. The topological polar surface area (TPSA) is 137 Å². The van der Waals surface area contributed by atoms with Crippen LogP contribution < -0.4 is 9.47 Å². The summed E-state index contributed by atoms with van der Waals surface area (Å²) in [6.07, 6.45) is -2.51. The first-order valence-electron chi connectivity index (χ1n) is 7.62. The molecule has 0 unspecified atom stereocenters. The molecule has 0 amide bonds. The quantitative estimate of drug-likeness (QED) is 0.291. The fraction of sp³-hybridized carbons (Fsp3) is 0.500. The molecule has 0 radical (unpaired) electrons. The van der Waals surface area contributed by atoms with Crippen molar-refractivity contribution in [2.24, 2.45) is 5.11 Å². The van der Waals surface area contributed by atoms with Gasteiger partial charge in [-0.15, -0.1) is 6.58 Å². The van der Waals surface area contributed by atoms with Crippen LogP contribution in [0.3, 0.4) is 0 Å². The first kappa shape index (κ1) is 19.0. The average Bonchev–Trinajstić information content (AvgIpc) is 2.62. The Kier molecular flexibility index (Phi) is 6.24. The highest BCUT2D eigenvalue weighted by Crippen LogP contribution is 2.36. The van der Waals surface area contributed by atoms with Crippen LogP contribution >= 0.6 is 0 Å². The highest BCUT2D eigenvalue weighted by molar-refractivity contribution is 5.31. The summed E-state index contributed by atoms with van der Waals surface area (Å²) in [4.78, 5) is 2.72. The number of hydrogen-bond acceptors (Lipinski definition) is 7. The second kappa shape index (κ2) is 8.19. The van der Waals surface area contributed by atoms with E-state index in [-0.39, 0.29) is 6.42 Å². The van der Waals surface area contributed by atoms with Gasteiger partial charge in [0, 0.05) is 4.91 Å². The molecule has 1 saturated heterocycles. The number of benzene rings is 1. The van der Waals surface area contributed by atoms with Crippen LogP contribution in [0.2, 0.25) is 0 Å². The monoisotopic (exact) mass is 351 g/mol. The maximum absolute atomic E-state index is 10.9. The zero-order chi connectivity index (χ0) is 18.4. The van der Waals surface area contributed by atoms with Crippen molar-refractivity contribution >= 4 is 0 Å². The van der Waals surface area contributed by atoms with Gasteiger partial charge in [0.15, 0.2) is 0 Å². The minimum Gasteiger partial charge on any atom is -0.497 e. The van der Waals surface area contributed by atoms with E-state index in [1.54, 1.807) is 24.3 Å². The minimum atomic E-state index is -1.89. The van der Waals surface area contributed by atoms with Crippen LogP contribution in [0.1, 0.15) is 6.42 Å². The third-order valence-corrected chi connectivity index (χ3v) is 4.08. The van der Waals surface area contributed by atoms with E-state index in [4.69, 9.17) is 19.7 Å². The molecule has 25 heavy (non-hydrogen) atoms. The summed E-state index contributed by atoms with van der Waals surface area (Å²) in [5, 5.41) is 34.2. The van der Waals surface area contributed by atoms with Gasteiger partial charge in [-0.1, -0.05) is 11.2 Å². The number of rotatable bonds is 7. The molecule has 0 bridgehead atoms. The molecule has 0 spiro atoms. The van der Waals surface area contributed by atoms with Crippen molar-refractivity contribution < 1.29 is 29.5 Å². The van der Waals surface area contributed by atoms with Crippen molar-refractivity contribution in [2.75, 3.05) is 13.7 Å². The molecule has 0 aliphatic carbocycles. The molecule has 1 heterocycles. The van der Waals surface area contributed by atoms with Gasteiger partial charge in [0.1, 0.15) is 35.3 Å². The Morgan fingerprint density at radius 1 is 1.40 bits per heavy atom. The lowest BCUT2D eigenvalue weighted by Gasteiger charge is -2.47. The summed E-state index contributed by atoms with van der Waals surface area (Å²) < 4.78 is 16.2. The lowest BCUT2D eigenvalue weighted by Crippen LogP contribution is -2.67. The van der Waals surface area contributed by atoms with E-state index in [1.165, 1.54) is 13.2 Å². The first-order chi connectivity index (χ1) is 12.0. The number of ether oxygens (including phenoxy) is 3. The Bertz CT molecular complexity index is 633. The number of nitrogens with zero attached hydrogens (tertiary/aromatic N) is 3. The van der Waals surface area contributed by atoms with Gasteiger partial charge in [-0.3, -0.25) is 0 Å². The SMILES string of the molecule is C=CC[C@]1(O)[C@H](O)[C@@H](CO)O[C@@H](Oc2ccc(OC)cc2)[C@@H]1N=[N+]=[N-]. The maximum atomic E-state index is 10.9. The number of hydrogen-bond donors (Lipinski definition) is 3. The van der Waals surface area contributed by atoms with Gasteiger partial charge in [0.25, 0.3) is 0 Å². The highest BCUT2D eigenvalue weighted by Gasteiger charge is 2.55. The molecule has 3 N–H and O–H groups in total. The van der Waals surface area contributed by atoms with Gasteiger partial charge in [-0.05, 0) is 36.2 Å². The van der Waals surface area contributed by atoms with Gasteiger partial charge in [-0.25, -0.2) is 0 Å². The average molecular weight is 351 g/mol. The zero-order valence-corrected chi connectivity index (χ0v) is 13.7. The van der Waals surface area contributed by atoms with Crippen LogP contribution in [0.15, 0.2) is 42.0 Å². The lowest BCUT2D eigenvalue weighted by atomic mass is 9.80. The molecule has 9 heteroatoms. The van der Waals surface area contributed by atoms with Crippen molar-refractivity contribution in [1.29, 1.82) is 0 Å². The largest absolute Gasteiger partial charge is 0.497 e. The normalized spacial score (nSPS) is 31.7. The first-order valence-corrected chi connectivity index (χ1v) is 7.62. The molecule has 1 aromatic rings. The summed E-state index contributed by atoms with van der Waals surface area (Å²) in [7, 11) is 1.53. The molecule has 1 fully saturated rings.